The number of nitrogens with one attached hydrogen (secondary N) is 1. The minimum Gasteiger partial charge on any atom is -0.381 e. The Kier molecular flexibility index (Phi) is 4.41. The Hall–Kier alpha value is -1.86. The Labute approximate surface area is 126 Å². The van der Waals surface area contributed by atoms with Crippen molar-refractivity contribution in [3.63, 3.8) is 0 Å². The molecular formula is C16H14BrFN2. The van der Waals surface area contributed by atoms with Gasteiger partial charge in [0.1, 0.15) is 5.82 Å². The van der Waals surface area contributed by atoms with Gasteiger partial charge in [-0.1, -0.05) is 28.1 Å². The summed E-state index contributed by atoms with van der Waals surface area (Å²) in [5.74, 6) is -0.366. The summed E-state index contributed by atoms with van der Waals surface area (Å²) in [6, 6.07) is 11.0. The first-order valence-electron chi connectivity index (χ1n) is 6.20. The second kappa shape index (κ2) is 6.06. The number of aryl methyl sites for hydroxylation is 1. The fourth-order valence-corrected chi connectivity index (χ4v) is 2.55. The predicted octanol–water partition coefficient (Wildman–Crippen LogP) is 4.69. The molecule has 2 rings (SSSR count). The van der Waals surface area contributed by atoms with Gasteiger partial charge in [0.05, 0.1) is 11.6 Å². The van der Waals surface area contributed by atoms with Gasteiger partial charge in [0, 0.05) is 22.3 Å². The highest BCUT2D eigenvalue weighted by atomic mass is 79.9. The first-order valence-corrected chi connectivity index (χ1v) is 6.99. The zero-order chi connectivity index (χ0) is 14.7. The van der Waals surface area contributed by atoms with Gasteiger partial charge < -0.3 is 5.32 Å². The SMILES string of the molecule is Cc1ccc(CNc2cc(C#N)cc(F)c2C)c(Br)c1. The Morgan fingerprint density at radius 3 is 2.65 bits per heavy atom. The number of rotatable bonds is 3. The molecule has 20 heavy (non-hydrogen) atoms. The van der Waals surface area contributed by atoms with Gasteiger partial charge in [0.2, 0.25) is 0 Å². The standard InChI is InChI=1S/C16H14BrFN2/c1-10-3-4-13(14(17)5-10)9-20-16-7-12(8-19)6-15(18)11(16)2/h3-7,20H,9H2,1-2H3. The van der Waals surface area contributed by atoms with Crippen molar-refractivity contribution in [3.05, 3.63) is 62.9 Å². The molecule has 0 saturated heterocycles. The second-order valence-corrected chi connectivity index (χ2v) is 5.55. The van der Waals surface area contributed by atoms with Gasteiger partial charge in [-0.2, -0.15) is 5.26 Å². The fourth-order valence-electron chi connectivity index (χ4n) is 1.91. The maximum Gasteiger partial charge on any atom is 0.129 e. The average Bonchev–Trinajstić information content (AvgIpc) is 2.41. The number of hydrogen-bond acceptors (Lipinski definition) is 2. The molecule has 2 nitrogen and oxygen atoms in total. The van der Waals surface area contributed by atoms with Crippen molar-refractivity contribution in [2.24, 2.45) is 0 Å². The largest absolute Gasteiger partial charge is 0.381 e. The van der Waals surface area contributed by atoms with Gasteiger partial charge >= 0.3 is 0 Å². The molecule has 1 N–H and O–H groups in total. The predicted molar refractivity (Wildman–Crippen MR) is 82.1 cm³/mol. The molecule has 0 bridgehead atoms. The van der Waals surface area contributed by atoms with Crippen molar-refractivity contribution in [2.75, 3.05) is 5.32 Å². The van der Waals surface area contributed by atoms with Gasteiger partial charge in [0.25, 0.3) is 0 Å². The topological polar surface area (TPSA) is 35.8 Å². The van der Waals surface area contributed by atoms with E-state index in [1.807, 2.05) is 31.2 Å². The first-order chi connectivity index (χ1) is 9.51. The molecule has 102 valence electrons. The lowest BCUT2D eigenvalue weighted by atomic mass is 10.1. The number of nitriles is 1. The third-order valence-electron chi connectivity index (χ3n) is 3.15. The summed E-state index contributed by atoms with van der Waals surface area (Å²) in [5, 5.41) is 12.1. The quantitative estimate of drug-likeness (QED) is 0.885. The maximum absolute atomic E-state index is 13.7. The van der Waals surface area contributed by atoms with Crippen LogP contribution in [-0.4, -0.2) is 0 Å². The maximum atomic E-state index is 13.7. The van der Waals surface area contributed by atoms with E-state index < -0.39 is 0 Å². The van der Waals surface area contributed by atoms with E-state index in [9.17, 15) is 4.39 Å². The molecule has 2 aromatic rings. The molecule has 0 radical (unpaired) electrons. The van der Waals surface area contributed by atoms with Gasteiger partial charge in [-0.05, 0) is 43.2 Å². The van der Waals surface area contributed by atoms with Crippen molar-refractivity contribution in [3.8, 4) is 6.07 Å². The van der Waals surface area contributed by atoms with Crippen molar-refractivity contribution >= 4 is 21.6 Å². The Morgan fingerprint density at radius 1 is 1.25 bits per heavy atom. The van der Waals surface area contributed by atoms with Crippen LogP contribution in [0.25, 0.3) is 0 Å². The lowest BCUT2D eigenvalue weighted by molar-refractivity contribution is 0.618. The number of hydrogen-bond donors (Lipinski definition) is 1. The average molecular weight is 333 g/mol. The normalized spacial score (nSPS) is 10.2. The van der Waals surface area contributed by atoms with E-state index in [0.29, 0.717) is 23.4 Å². The molecule has 0 heterocycles. The van der Waals surface area contributed by atoms with Crippen molar-refractivity contribution in [1.29, 1.82) is 5.26 Å². The number of anilines is 1. The Morgan fingerprint density at radius 2 is 2.00 bits per heavy atom. The van der Waals surface area contributed by atoms with Crippen molar-refractivity contribution in [1.82, 2.24) is 0 Å². The third-order valence-corrected chi connectivity index (χ3v) is 3.89. The minimum atomic E-state index is -0.366. The summed E-state index contributed by atoms with van der Waals surface area (Å²) in [6.07, 6.45) is 0. The van der Waals surface area contributed by atoms with Crippen LogP contribution in [0.3, 0.4) is 0 Å². The molecule has 4 heteroatoms. The van der Waals surface area contributed by atoms with Crippen LogP contribution in [0.4, 0.5) is 10.1 Å². The smallest absolute Gasteiger partial charge is 0.129 e. The highest BCUT2D eigenvalue weighted by Crippen LogP contribution is 2.23. The van der Waals surface area contributed by atoms with Crippen LogP contribution in [0.2, 0.25) is 0 Å². The van der Waals surface area contributed by atoms with E-state index in [1.54, 1.807) is 13.0 Å². The van der Waals surface area contributed by atoms with Crippen LogP contribution in [0.15, 0.2) is 34.8 Å². The molecular weight excluding hydrogens is 319 g/mol. The first kappa shape index (κ1) is 14.5. The molecule has 2 aromatic carbocycles. The van der Waals surface area contributed by atoms with Crippen LogP contribution in [0.5, 0.6) is 0 Å². The monoisotopic (exact) mass is 332 g/mol. The molecule has 0 fully saturated rings. The van der Waals surface area contributed by atoms with Gasteiger partial charge in [0.15, 0.2) is 0 Å². The van der Waals surface area contributed by atoms with Crippen LogP contribution >= 0.6 is 15.9 Å². The van der Waals surface area contributed by atoms with E-state index >= 15 is 0 Å². The van der Waals surface area contributed by atoms with Crippen LogP contribution in [0, 0.1) is 31.0 Å². The van der Waals surface area contributed by atoms with E-state index in [0.717, 1.165) is 10.0 Å². The summed E-state index contributed by atoms with van der Waals surface area (Å²) < 4.78 is 14.7. The third kappa shape index (κ3) is 3.17. The molecule has 0 amide bonds. The summed E-state index contributed by atoms with van der Waals surface area (Å²) in [4.78, 5) is 0. The molecule has 0 atom stereocenters. The summed E-state index contributed by atoms with van der Waals surface area (Å²) in [7, 11) is 0. The summed E-state index contributed by atoms with van der Waals surface area (Å²) >= 11 is 3.52. The zero-order valence-corrected chi connectivity index (χ0v) is 12.9. The Balaban J connectivity index is 2.23. The summed E-state index contributed by atoms with van der Waals surface area (Å²) in [5.41, 5.74) is 3.74. The summed E-state index contributed by atoms with van der Waals surface area (Å²) in [6.45, 7) is 4.29. The lowest BCUT2D eigenvalue weighted by Gasteiger charge is -2.12. The minimum absolute atomic E-state index is 0.318. The van der Waals surface area contributed by atoms with E-state index in [-0.39, 0.29) is 5.82 Å². The van der Waals surface area contributed by atoms with Crippen LogP contribution < -0.4 is 5.32 Å². The zero-order valence-electron chi connectivity index (χ0n) is 11.3. The molecule has 0 aliphatic heterocycles. The van der Waals surface area contributed by atoms with Gasteiger partial charge in [-0.15, -0.1) is 0 Å². The Bertz CT molecular complexity index is 690. The molecule has 0 spiro atoms. The highest BCUT2D eigenvalue weighted by molar-refractivity contribution is 9.10. The molecule has 0 aliphatic carbocycles. The number of benzene rings is 2. The van der Waals surface area contributed by atoms with Gasteiger partial charge in [-0.3, -0.25) is 0 Å². The van der Waals surface area contributed by atoms with Crippen molar-refractivity contribution < 1.29 is 4.39 Å². The van der Waals surface area contributed by atoms with E-state index in [2.05, 4.69) is 21.2 Å². The number of nitrogens with zero attached hydrogens (tertiary/aromatic N) is 1. The molecule has 0 unspecified atom stereocenters. The molecule has 0 saturated carbocycles. The number of halogens is 2. The lowest BCUT2D eigenvalue weighted by Crippen LogP contribution is -2.03. The second-order valence-electron chi connectivity index (χ2n) is 4.69. The van der Waals surface area contributed by atoms with E-state index in [4.69, 9.17) is 5.26 Å². The van der Waals surface area contributed by atoms with Crippen molar-refractivity contribution in [2.45, 2.75) is 20.4 Å². The van der Waals surface area contributed by atoms with Crippen LogP contribution in [0.1, 0.15) is 22.3 Å². The van der Waals surface area contributed by atoms with Gasteiger partial charge in [-0.25, -0.2) is 4.39 Å². The van der Waals surface area contributed by atoms with E-state index in [1.165, 1.54) is 11.6 Å². The molecule has 0 aliphatic rings. The highest BCUT2D eigenvalue weighted by Gasteiger charge is 2.08. The molecule has 0 aromatic heterocycles. The fraction of sp³-hybridized carbons (Fsp3) is 0.188. The van der Waals surface area contributed by atoms with Crippen LogP contribution in [-0.2, 0) is 6.54 Å².